The van der Waals surface area contributed by atoms with Crippen LogP contribution in [0.3, 0.4) is 0 Å². The van der Waals surface area contributed by atoms with Crippen molar-refractivity contribution >= 4 is 23.4 Å². The Kier molecular flexibility index (Phi) is 3.73. The van der Waals surface area contributed by atoms with Crippen molar-refractivity contribution in [1.82, 2.24) is 15.0 Å². The summed E-state index contributed by atoms with van der Waals surface area (Å²) in [6.45, 7) is 0. The number of methoxy groups -OCH3 is 1. The minimum absolute atomic E-state index is 0.278. The molecule has 2 heterocycles. The third kappa shape index (κ3) is 2.57. The molecule has 0 fully saturated rings. The van der Waals surface area contributed by atoms with Crippen molar-refractivity contribution in [3.05, 3.63) is 36.4 Å². The van der Waals surface area contributed by atoms with E-state index in [4.69, 9.17) is 5.73 Å². The molecule has 0 aliphatic carbocycles. The van der Waals surface area contributed by atoms with Crippen LogP contribution in [0.25, 0.3) is 0 Å². The molecule has 2 aromatic heterocycles. The summed E-state index contributed by atoms with van der Waals surface area (Å²) >= 11 is 1.24. The van der Waals surface area contributed by atoms with Gasteiger partial charge in [0, 0.05) is 18.6 Å². The number of nitrogen functional groups attached to an aromatic ring is 1. The Morgan fingerprint density at radius 3 is 2.83 bits per heavy atom. The summed E-state index contributed by atoms with van der Waals surface area (Å²) in [6, 6.07) is 1.52. The fourth-order valence-corrected chi connectivity index (χ4v) is 2.02. The average molecular weight is 262 g/mol. The molecule has 0 aliphatic rings. The molecule has 0 aliphatic heterocycles. The first-order valence-electron chi connectivity index (χ1n) is 4.99. The Bertz CT molecular complexity index is 562. The van der Waals surface area contributed by atoms with Gasteiger partial charge in [-0.1, -0.05) is 0 Å². The molecular formula is C11H10N4O2S. The third-order valence-electron chi connectivity index (χ3n) is 2.10. The first-order chi connectivity index (χ1) is 8.72. The van der Waals surface area contributed by atoms with E-state index in [0.29, 0.717) is 15.6 Å². The highest BCUT2D eigenvalue weighted by molar-refractivity contribution is 7.99. The Morgan fingerprint density at radius 1 is 1.33 bits per heavy atom. The van der Waals surface area contributed by atoms with Crippen LogP contribution in [0.1, 0.15) is 10.4 Å². The van der Waals surface area contributed by atoms with E-state index in [1.165, 1.54) is 31.1 Å². The van der Waals surface area contributed by atoms with Gasteiger partial charge in [0.25, 0.3) is 0 Å². The zero-order valence-corrected chi connectivity index (χ0v) is 10.3. The maximum Gasteiger partial charge on any atom is 0.340 e. The van der Waals surface area contributed by atoms with Crippen LogP contribution in [0, 0.1) is 0 Å². The van der Waals surface area contributed by atoms with Crippen molar-refractivity contribution in [3.8, 4) is 0 Å². The molecule has 0 bridgehead atoms. The number of hydrogen-bond donors (Lipinski definition) is 1. The second kappa shape index (κ2) is 5.46. The van der Waals surface area contributed by atoms with Crippen molar-refractivity contribution in [1.29, 1.82) is 0 Å². The Balaban J connectivity index is 2.32. The van der Waals surface area contributed by atoms with Gasteiger partial charge in [-0.3, -0.25) is 4.98 Å². The summed E-state index contributed by atoms with van der Waals surface area (Å²) in [5, 5.41) is 1.15. The lowest BCUT2D eigenvalue weighted by Gasteiger charge is -2.07. The number of nitrogens with two attached hydrogens (primary N) is 1. The molecule has 0 aromatic carbocycles. The van der Waals surface area contributed by atoms with Gasteiger partial charge in [-0.05, 0) is 17.8 Å². The van der Waals surface area contributed by atoms with Gasteiger partial charge in [-0.25, -0.2) is 14.8 Å². The minimum atomic E-state index is -0.490. The number of esters is 1. The van der Waals surface area contributed by atoms with Gasteiger partial charge in [0.15, 0.2) is 0 Å². The van der Waals surface area contributed by atoms with Crippen LogP contribution in [0.5, 0.6) is 0 Å². The van der Waals surface area contributed by atoms with Crippen LogP contribution >= 0.6 is 11.8 Å². The molecule has 0 saturated heterocycles. The normalized spacial score (nSPS) is 10.1. The number of rotatable bonds is 3. The fourth-order valence-electron chi connectivity index (χ4n) is 1.26. The minimum Gasteiger partial charge on any atom is -0.465 e. The molecule has 0 spiro atoms. The fraction of sp³-hybridized carbons (Fsp3) is 0.0909. The van der Waals surface area contributed by atoms with E-state index in [1.54, 1.807) is 18.6 Å². The number of hydrogen-bond acceptors (Lipinski definition) is 7. The third-order valence-corrected chi connectivity index (χ3v) is 3.04. The largest absolute Gasteiger partial charge is 0.465 e. The summed E-state index contributed by atoms with van der Waals surface area (Å²) in [4.78, 5) is 23.6. The van der Waals surface area contributed by atoms with E-state index >= 15 is 0 Å². The van der Waals surface area contributed by atoms with Gasteiger partial charge in [-0.2, -0.15) is 0 Å². The standard InChI is InChI=1S/C11H10N4O2S/c1-17-11(16)7-2-3-15-10(9(7)12)18-8-6-13-4-5-14-8/h2-6H,12H2,1H3. The van der Waals surface area contributed by atoms with Crippen LogP contribution in [0.4, 0.5) is 5.69 Å². The number of carbonyl (C=O) groups is 1. The highest BCUT2D eigenvalue weighted by atomic mass is 32.2. The highest BCUT2D eigenvalue weighted by Gasteiger charge is 2.14. The van der Waals surface area contributed by atoms with E-state index in [9.17, 15) is 4.79 Å². The SMILES string of the molecule is COC(=O)c1ccnc(Sc2cnccn2)c1N. The lowest BCUT2D eigenvalue weighted by Crippen LogP contribution is -2.07. The summed E-state index contributed by atoms with van der Waals surface area (Å²) < 4.78 is 4.64. The lowest BCUT2D eigenvalue weighted by atomic mass is 10.2. The van der Waals surface area contributed by atoms with Gasteiger partial charge in [0.2, 0.25) is 0 Å². The van der Waals surface area contributed by atoms with Gasteiger partial charge < -0.3 is 10.5 Å². The zero-order chi connectivity index (χ0) is 13.0. The molecule has 0 radical (unpaired) electrons. The van der Waals surface area contributed by atoms with Crippen LogP contribution in [0.15, 0.2) is 40.9 Å². The maximum absolute atomic E-state index is 11.5. The molecule has 2 rings (SSSR count). The molecule has 18 heavy (non-hydrogen) atoms. The number of carbonyl (C=O) groups excluding carboxylic acids is 1. The number of nitrogens with zero attached hydrogens (tertiary/aromatic N) is 3. The molecule has 2 aromatic rings. The van der Waals surface area contributed by atoms with Crippen molar-refractivity contribution < 1.29 is 9.53 Å². The summed E-state index contributed by atoms with van der Waals surface area (Å²) in [5.74, 6) is -0.490. The molecule has 0 amide bonds. The maximum atomic E-state index is 11.5. The van der Waals surface area contributed by atoms with E-state index < -0.39 is 5.97 Å². The number of anilines is 1. The summed E-state index contributed by atoms with van der Waals surface area (Å²) in [7, 11) is 1.30. The first-order valence-corrected chi connectivity index (χ1v) is 5.80. The zero-order valence-electron chi connectivity index (χ0n) is 9.53. The predicted octanol–water partition coefficient (Wildman–Crippen LogP) is 1.39. The molecule has 2 N–H and O–H groups in total. The van der Waals surface area contributed by atoms with Gasteiger partial charge in [0.1, 0.15) is 10.1 Å². The van der Waals surface area contributed by atoms with Crippen molar-refractivity contribution in [2.45, 2.75) is 10.1 Å². The Morgan fingerprint density at radius 2 is 2.17 bits per heavy atom. The molecule has 6 nitrogen and oxygen atoms in total. The van der Waals surface area contributed by atoms with E-state index in [2.05, 4.69) is 19.7 Å². The summed E-state index contributed by atoms with van der Waals surface area (Å²) in [5.41, 5.74) is 6.44. The molecule has 0 unspecified atom stereocenters. The smallest absolute Gasteiger partial charge is 0.340 e. The van der Waals surface area contributed by atoms with Crippen LogP contribution in [-0.4, -0.2) is 28.0 Å². The van der Waals surface area contributed by atoms with Crippen molar-refractivity contribution in [2.24, 2.45) is 0 Å². The number of ether oxygens (including phenoxy) is 1. The topological polar surface area (TPSA) is 91.0 Å². The average Bonchev–Trinajstić information content (AvgIpc) is 2.41. The van der Waals surface area contributed by atoms with E-state index in [1.807, 2.05) is 0 Å². The predicted molar refractivity (Wildman–Crippen MR) is 66.1 cm³/mol. The second-order valence-corrected chi connectivity index (χ2v) is 4.22. The number of aromatic nitrogens is 3. The van der Waals surface area contributed by atoms with Crippen LogP contribution in [-0.2, 0) is 4.74 Å². The van der Waals surface area contributed by atoms with Gasteiger partial charge >= 0.3 is 5.97 Å². The quantitative estimate of drug-likeness (QED) is 0.836. The van der Waals surface area contributed by atoms with Crippen molar-refractivity contribution in [2.75, 3.05) is 12.8 Å². The van der Waals surface area contributed by atoms with Gasteiger partial charge in [-0.15, -0.1) is 0 Å². The van der Waals surface area contributed by atoms with E-state index in [-0.39, 0.29) is 5.69 Å². The molecule has 7 heteroatoms. The molecule has 0 saturated carbocycles. The molecule has 92 valence electrons. The monoisotopic (exact) mass is 262 g/mol. The first kappa shape index (κ1) is 12.3. The Labute approximate surface area is 108 Å². The second-order valence-electron chi connectivity index (χ2n) is 3.21. The van der Waals surface area contributed by atoms with E-state index in [0.717, 1.165) is 0 Å². The molecule has 0 atom stereocenters. The summed E-state index contributed by atoms with van der Waals surface area (Å²) in [6.07, 6.45) is 6.24. The van der Waals surface area contributed by atoms with Gasteiger partial charge in [0.05, 0.1) is 24.6 Å². The van der Waals surface area contributed by atoms with Crippen molar-refractivity contribution in [3.63, 3.8) is 0 Å². The molecular weight excluding hydrogens is 252 g/mol. The highest BCUT2D eigenvalue weighted by Crippen LogP contribution is 2.30. The van der Waals surface area contributed by atoms with Crippen LogP contribution < -0.4 is 5.73 Å². The number of pyridine rings is 1. The lowest BCUT2D eigenvalue weighted by molar-refractivity contribution is 0.0601. The van der Waals surface area contributed by atoms with Crippen LogP contribution in [0.2, 0.25) is 0 Å². The Hall–Kier alpha value is -2.15.